The number of hydrogen-bond donors (Lipinski definition) is 0. The molecule has 1 atom stereocenters. The van der Waals surface area contributed by atoms with Gasteiger partial charge in [-0.1, -0.05) is 28.1 Å². The molecule has 1 heterocycles. The van der Waals surface area contributed by atoms with E-state index in [0.29, 0.717) is 4.83 Å². The maximum absolute atomic E-state index is 12.3. The average molecular weight is 394 g/mol. The molecule has 1 saturated heterocycles. The number of hydrogen-bond acceptors (Lipinski definition) is 1. The number of amides is 1. The van der Waals surface area contributed by atoms with Crippen molar-refractivity contribution in [2.24, 2.45) is 0 Å². The van der Waals surface area contributed by atoms with Crippen molar-refractivity contribution >= 4 is 44.4 Å². The SMILES string of the molecule is O=C(c1ccccc1I)N1CCCC(Br)C1. The van der Waals surface area contributed by atoms with Crippen molar-refractivity contribution in [2.75, 3.05) is 13.1 Å². The van der Waals surface area contributed by atoms with Crippen LogP contribution in [0.2, 0.25) is 0 Å². The first-order valence-electron chi connectivity index (χ1n) is 5.36. The summed E-state index contributed by atoms with van der Waals surface area (Å²) in [6.45, 7) is 1.70. The molecule has 0 bridgehead atoms. The lowest BCUT2D eigenvalue weighted by atomic mass is 10.1. The van der Waals surface area contributed by atoms with Crippen LogP contribution in [0.5, 0.6) is 0 Å². The van der Waals surface area contributed by atoms with Crippen molar-refractivity contribution in [3.05, 3.63) is 33.4 Å². The van der Waals surface area contributed by atoms with Crippen LogP contribution in [0, 0.1) is 3.57 Å². The summed E-state index contributed by atoms with van der Waals surface area (Å²) in [5, 5.41) is 0. The van der Waals surface area contributed by atoms with E-state index in [9.17, 15) is 4.79 Å². The van der Waals surface area contributed by atoms with Crippen molar-refractivity contribution in [1.29, 1.82) is 0 Å². The Bertz CT molecular complexity index is 396. The fourth-order valence-corrected chi connectivity index (χ4v) is 3.21. The lowest BCUT2D eigenvalue weighted by molar-refractivity contribution is 0.0729. The first-order valence-corrected chi connectivity index (χ1v) is 7.36. The summed E-state index contributed by atoms with van der Waals surface area (Å²) in [4.78, 5) is 14.7. The molecule has 0 aromatic heterocycles. The fourth-order valence-electron chi connectivity index (χ4n) is 1.91. The normalized spacial score (nSPS) is 20.9. The highest BCUT2D eigenvalue weighted by Gasteiger charge is 2.23. The molecule has 1 amide bonds. The van der Waals surface area contributed by atoms with E-state index in [2.05, 4.69) is 38.5 Å². The summed E-state index contributed by atoms with van der Waals surface area (Å²) in [6.07, 6.45) is 2.25. The molecule has 1 aromatic rings. The zero-order valence-corrected chi connectivity index (χ0v) is 12.6. The van der Waals surface area contributed by atoms with Gasteiger partial charge in [-0.3, -0.25) is 4.79 Å². The van der Waals surface area contributed by atoms with Gasteiger partial charge in [0, 0.05) is 21.5 Å². The lowest BCUT2D eigenvalue weighted by Gasteiger charge is -2.30. The van der Waals surface area contributed by atoms with Crippen molar-refractivity contribution in [3.63, 3.8) is 0 Å². The van der Waals surface area contributed by atoms with E-state index in [1.165, 1.54) is 0 Å². The fraction of sp³-hybridized carbons (Fsp3) is 0.417. The third-order valence-corrected chi connectivity index (χ3v) is 4.44. The zero-order chi connectivity index (χ0) is 11.5. The summed E-state index contributed by atoms with van der Waals surface area (Å²) >= 11 is 5.81. The van der Waals surface area contributed by atoms with Gasteiger partial charge in [0.2, 0.25) is 0 Å². The van der Waals surface area contributed by atoms with Gasteiger partial charge in [-0.25, -0.2) is 0 Å². The molecular formula is C12H13BrINO. The van der Waals surface area contributed by atoms with Crippen LogP contribution in [0.3, 0.4) is 0 Å². The van der Waals surface area contributed by atoms with Crippen LogP contribution in [0.25, 0.3) is 0 Å². The number of nitrogens with zero attached hydrogens (tertiary/aromatic N) is 1. The number of benzene rings is 1. The highest BCUT2D eigenvalue weighted by atomic mass is 127. The highest BCUT2D eigenvalue weighted by Crippen LogP contribution is 2.20. The van der Waals surface area contributed by atoms with Gasteiger partial charge in [-0.2, -0.15) is 0 Å². The van der Waals surface area contributed by atoms with Gasteiger partial charge in [0.1, 0.15) is 0 Å². The van der Waals surface area contributed by atoms with Gasteiger partial charge in [0.05, 0.1) is 5.56 Å². The van der Waals surface area contributed by atoms with E-state index in [1.807, 2.05) is 29.2 Å². The molecular weight excluding hydrogens is 381 g/mol. The van der Waals surface area contributed by atoms with Crippen LogP contribution in [-0.2, 0) is 0 Å². The molecule has 86 valence electrons. The first kappa shape index (κ1) is 12.4. The maximum atomic E-state index is 12.3. The van der Waals surface area contributed by atoms with E-state index < -0.39 is 0 Å². The predicted octanol–water partition coefficient (Wildman–Crippen LogP) is 3.29. The topological polar surface area (TPSA) is 20.3 Å². The molecule has 1 aliphatic rings. The van der Waals surface area contributed by atoms with E-state index in [4.69, 9.17) is 0 Å². The molecule has 0 saturated carbocycles. The summed E-state index contributed by atoms with van der Waals surface area (Å²) < 4.78 is 1.03. The summed E-state index contributed by atoms with van der Waals surface area (Å²) in [5.74, 6) is 0.161. The maximum Gasteiger partial charge on any atom is 0.254 e. The number of likely N-dealkylation sites (tertiary alicyclic amines) is 1. The van der Waals surface area contributed by atoms with Gasteiger partial charge < -0.3 is 4.90 Å². The Labute approximate surface area is 118 Å². The summed E-state index contributed by atoms with van der Waals surface area (Å²) in [7, 11) is 0. The Kier molecular flexibility index (Phi) is 4.24. The Morgan fingerprint density at radius 3 is 2.88 bits per heavy atom. The zero-order valence-electron chi connectivity index (χ0n) is 8.83. The Balaban J connectivity index is 2.16. The van der Waals surface area contributed by atoms with Gasteiger partial charge >= 0.3 is 0 Å². The van der Waals surface area contributed by atoms with Crippen LogP contribution in [0.15, 0.2) is 24.3 Å². The molecule has 0 spiro atoms. The van der Waals surface area contributed by atoms with Gasteiger partial charge in [-0.15, -0.1) is 0 Å². The van der Waals surface area contributed by atoms with Crippen molar-refractivity contribution in [3.8, 4) is 0 Å². The Morgan fingerprint density at radius 2 is 2.19 bits per heavy atom. The molecule has 1 fully saturated rings. The molecule has 1 unspecified atom stereocenters. The van der Waals surface area contributed by atoms with Crippen molar-refractivity contribution in [1.82, 2.24) is 4.90 Å². The number of rotatable bonds is 1. The second-order valence-corrected chi connectivity index (χ2v) is 6.43. The Hall–Kier alpha value is -0.100. The second kappa shape index (κ2) is 5.49. The highest BCUT2D eigenvalue weighted by molar-refractivity contribution is 14.1. The van der Waals surface area contributed by atoms with Gasteiger partial charge in [0.15, 0.2) is 0 Å². The van der Waals surface area contributed by atoms with Crippen LogP contribution in [-0.4, -0.2) is 28.7 Å². The molecule has 4 heteroatoms. The third-order valence-electron chi connectivity index (χ3n) is 2.76. The number of carbonyl (C=O) groups is 1. The minimum Gasteiger partial charge on any atom is -0.337 e. The number of alkyl halides is 1. The predicted molar refractivity (Wildman–Crippen MR) is 77.0 cm³/mol. The molecule has 2 rings (SSSR count). The van der Waals surface area contributed by atoms with Crippen LogP contribution < -0.4 is 0 Å². The average Bonchev–Trinajstić information content (AvgIpc) is 2.29. The number of halogens is 2. The Morgan fingerprint density at radius 1 is 1.44 bits per heavy atom. The molecule has 0 N–H and O–H groups in total. The van der Waals surface area contributed by atoms with E-state index in [-0.39, 0.29) is 5.91 Å². The molecule has 2 nitrogen and oxygen atoms in total. The third kappa shape index (κ3) is 2.77. The first-order chi connectivity index (χ1) is 7.68. The lowest BCUT2D eigenvalue weighted by Crippen LogP contribution is -2.40. The monoisotopic (exact) mass is 393 g/mol. The molecule has 0 aliphatic carbocycles. The summed E-state index contributed by atoms with van der Waals surface area (Å²) in [5.41, 5.74) is 0.824. The standard InChI is InChI=1S/C12H13BrINO/c13-9-4-3-7-15(8-9)12(16)10-5-1-2-6-11(10)14/h1-2,5-6,9H,3-4,7-8H2. The largest absolute Gasteiger partial charge is 0.337 e. The number of carbonyl (C=O) groups excluding carboxylic acids is 1. The molecule has 1 aliphatic heterocycles. The van der Waals surface area contributed by atoms with E-state index >= 15 is 0 Å². The van der Waals surface area contributed by atoms with E-state index in [0.717, 1.165) is 35.1 Å². The quantitative estimate of drug-likeness (QED) is 0.529. The van der Waals surface area contributed by atoms with Crippen LogP contribution >= 0.6 is 38.5 Å². The minimum absolute atomic E-state index is 0.161. The van der Waals surface area contributed by atoms with Crippen LogP contribution in [0.1, 0.15) is 23.2 Å². The number of piperidine rings is 1. The van der Waals surface area contributed by atoms with Gasteiger partial charge in [-0.05, 0) is 47.6 Å². The molecule has 16 heavy (non-hydrogen) atoms. The smallest absolute Gasteiger partial charge is 0.254 e. The van der Waals surface area contributed by atoms with Crippen molar-refractivity contribution in [2.45, 2.75) is 17.7 Å². The second-order valence-electron chi connectivity index (χ2n) is 3.97. The van der Waals surface area contributed by atoms with Gasteiger partial charge in [0.25, 0.3) is 5.91 Å². The van der Waals surface area contributed by atoms with Crippen LogP contribution in [0.4, 0.5) is 0 Å². The molecule has 0 radical (unpaired) electrons. The minimum atomic E-state index is 0.161. The summed E-state index contributed by atoms with van der Waals surface area (Å²) in [6, 6.07) is 7.76. The van der Waals surface area contributed by atoms with E-state index in [1.54, 1.807) is 0 Å². The van der Waals surface area contributed by atoms with Crippen molar-refractivity contribution < 1.29 is 4.79 Å². The molecule has 1 aromatic carbocycles.